The molecule has 0 amide bonds. The molecule has 312 valence electrons. The summed E-state index contributed by atoms with van der Waals surface area (Å²) in [6.45, 7) is 13.8. The highest BCUT2D eigenvalue weighted by Crippen LogP contribution is 2.51. The number of hydrogen-bond donors (Lipinski definition) is 0. The van der Waals surface area contributed by atoms with Crippen molar-refractivity contribution in [1.82, 2.24) is 9.55 Å². The van der Waals surface area contributed by atoms with E-state index in [0.717, 1.165) is 89.7 Å². The molecule has 3 heterocycles. The van der Waals surface area contributed by atoms with Crippen molar-refractivity contribution in [2.45, 2.75) is 52.4 Å². The monoisotopic (exact) mass is 830 g/mol. The van der Waals surface area contributed by atoms with Crippen LogP contribution in [0, 0.1) is 11.6 Å². The first-order chi connectivity index (χ1) is 30.3. The number of anilines is 4. The standard InChI is InChI=1S/C56H48F2N4O/c1-55(2,3)38-28-29-59-53(32-38)62-49-15-8-7-12-47(49)48-27-26-43(34-52(48)62)63-44-31-39(56(4,5)6)30-42(33-44)60-35-61(51-17-10-9-16-50(51)60)54-45(36-18-22-40(57)23-19-36)13-11-14-46(54)37-20-24-41(58)25-21-37/h7-34H,35H2,1-6H3. The average molecular weight is 831 g/mol. The van der Waals surface area contributed by atoms with Gasteiger partial charge in [0.1, 0.15) is 35.6 Å². The third kappa shape index (κ3) is 7.37. The quantitative estimate of drug-likeness (QED) is 0.160. The van der Waals surface area contributed by atoms with Gasteiger partial charge in [-0.1, -0.05) is 114 Å². The van der Waals surface area contributed by atoms with Crippen LogP contribution in [0.5, 0.6) is 11.5 Å². The molecule has 2 aromatic heterocycles. The molecule has 9 aromatic rings. The van der Waals surface area contributed by atoms with Gasteiger partial charge in [0.05, 0.1) is 28.1 Å². The van der Waals surface area contributed by atoms with Crippen molar-refractivity contribution in [2.75, 3.05) is 16.5 Å². The van der Waals surface area contributed by atoms with E-state index in [9.17, 15) is 8.78 Å². The Bertz CT molecular complexity index is 3110. The Labute approximate surface area is 367 Å². The molecule has 7 heteroatoms. The Hall–Kier alpha value is -7.25. The largest absolute Gasteiger partial charge is 0.457 e. The molecule has 1 aliphatic heterocycles. The Balaban J connectivity index is 1.09. The average Bonchev–Trinajstić information content (AvgIpc) is 3.82. The first kappa shape index (κ1) is 39.9. The molecule has 0 fully saturated rings. The van der Waals surface area contributed by atoms with E-state index >= 15 is 0 Å². The lowest BCUT2D eigenvalue weighted by atomic mass is 9.86. The normalized spacial score (nSPS) is 13.0. The van der Waals surface area contributed by atoms with E-state index in [1.165, 1.54) is 29.8 Å². The van der Waals surface area contributed by atoms with Crippen LogP contribution in [0.25, 0.3) is 49.9 Å². The molecule has 0 unspecified atom stereocenters. The number of hydrogen-bond acceptors (Lipinski definition) is 4. The fraction of sp³-hybridized carbons (Fsp3) is 0.161. The number of para-hydroxylation sites is 4. The van der Waals surface area contributed by atoms with E-state index in [4.69, 9.17) is 9.72 Å². The number of ether oxygens (including phenoxy) is 1. The third-order valence-electron chi connectivity index (χ3n) is 12.2. The van der Waals surface area contributed by atoms with Crippen LogP contribution in [-0.2, 0) is 10.8 Å². The van der Waals surface area contributed by atoms with Crippen LogP contribution in [0.1, 0.15) is 52.7 Å². The van der Waals surface area contributed by atoms with Crippen LogP contribution >= 0.6 is 0 Å². The first-order valence-electron chi connectivity index (χ1n) is 21.4. The highest BCUT2D eigenvalue weighted by atomic mass is 19.1. The Morgan fingerprint density at radius 2 is 1.11 bits per heavy atom. The van der Waals surface area contributed by atoms with Crippen molar-refractivity contribution in [1.29, 1.82) is 0 Å². The zero-order valence-electron chi connectivity index (χ0n) is 36.3. The van der Waals surface area contributed by atoms with Crippen molar-refractivity contribution < 1.29 is 13.5 Å². The smallest absolute Gasteiger partial charge is 0.137 e. The maximum absolute atomic E-state index is 14.3. The van der Waals surface area contributed by atoms with Crippen molar-refractivity contribution in [3.8, 4) is 39.6 Å². The van der Waals surface area contributed by atoms with Gasteiger partial charge in [-0.05, 0) is 112 Å². The van der Waals surface area contributed by atoms with Gasteiger partial charge in [0.2, 0.25) is 0 Å². The third-order valence-corrected chi connectivity index (χ3v) is 12.2. The molecular formula is C56H48F2N4O. The number of halogens is 2. The van der Waals surface area contributed by atoms with E-state index in [2.05, 4.69) is 165 Å². The second kappa shape index (κ2) is 15.3. The molecule has 0 bridgehead atoms. The zero-order valence-corrected chi connectivity index (χ0v) is 36.3. The van der Waals surface area contributed by atoms with Crippen molar-refractivity contribution in [3.63, 3.8) is 0 Å². The van der Waals surface area contributed by atoms with Crippen LogP contribution in [0.15, 0.2) is 170 Å². The van der Waals surface area contributed by atoms with E-state index < -0.39 is 0 Å². The molecule has 63 heavy (non-hydrogen) atoms. The lowest BCUT2D eigenvalue weighted by Crippen LogP contribution is -2.25. The second-order valence-corrected chi connectivity index (χ2v) is 18.5. The van der Waals surface area contributed by atoms with E-state index in [1.807, 2.05) is 36.5 Å². The predicted molar refractivity (Wildman–Crippen MR) is 255 cm³/mol. The lowest BCUT2D eigenvalue weighted by Gasteiger charge is -2.28. The highest BCUT2D eigenvalue weighted by Gasteiger charge is 2.32. The molecule has 0 atom stereocenters. The zero-order chi connectivity index (χ0) is 43.6. The summed E-state index contributed by atoms with van der Waals surface area (Å²) in [4.78, 5) is 9.52. The number of nitrogens with zero attached hydrogens (tertiary/aromatic N) is 4. The van der Waals surface area contributed by atoms with Crippen LogP contribution < -0.4 is 14.5 Å². The lowest BCUT2D eigenvalue weighted by molar-refractivity contribution is 0.479. The van der Waals surface area contributed by atoms with Crippen molar-refractivity contribution >= 4 is 44.6 Å². The second-order valence-electron chi connectivity index (χ2n) is 18.5. The SMILES string of the molecule is CC(C)(C)c1cc(Oc2ccc3c4ccccc4n(-c4cc(C(C)(C)C)ccn4)c3c2)cc(N2CN(c3c(-c4ccc(F)cc4)cccc3-c3ccc(F)cc3)c3ccccc32)c1. The summed E-state index contributed by atoms with van der Waals surface area (Å²) in [5.41, 5.74) is 11.8. The van der Waals surface area contributed by atoms with Gasteiger partial charge in [-0.3, -0.25) is 4.57 Å². The van der Waals surface area contributed by atoms with Gasteiger partial charge >= 0.3 is 0 Å². The fourth-order valence-corrected chi connectivity index (χ4v) is 8.82. The molecule has 0 saturated carbocycles. The number of fused-ring (bicyclic) bond motifs is 4. The summed E-state index contributed by atoms with van der Waals surface area (Å²) < 4.78 is 37.7. The maximum atomic E-state index is 14.3. The van der Waals surface area contributed by atoms with Crippen molar-refractivity contribution in [2.24, 2.45) is 0 Å². The number of benzene rings is 7. The number of aromatic nitrogens is 2. The van der Waals surface area contributed by atoms with Gasteiger partial charge < -0.3 is 14.5 Å². The van der Waals surface area contributed by atoms with Gasteiger partial charge in [0.25, 0.3) is 0 Å². The molecule has 7 aromatic carbocycles. The minimum absolute atomic E-state index is 0.0374. The number of pyridine rings is 1. The van der Waals surface area contributed by atoms with Gasteiger partial charge in [-0.2, -0.15) is 0 Å². The van der Waals surface area contributed by atoms with Gasteiger partial charge in [-0.15, -0.1) is 0 Å². The van der Waals surface area contributed by atoms with Crippen molar-refractivity contribution in [3.05, 3.63) is 193 Å². The molecule has 0 aliphatic carbocycles. The molecule has 0 N–H and O–H groups in total. The first-order valence-corrected chi connectivity index (χ1v) is 21.4. The molecule has 10 rings (SSSR count). The van der Waals surface area contributed by atoms with Crippen LogP contribution in [0.4, 0.5) is 31.5 Å². The van der Waals surface area contributed by atoms with Crippen LogP contribution in [0.2, 0.25) is 0 Å². The topological polar surface area (TPSA) is 33.5 Å². The Morgan fingerprint density at radius 1 is 0.508 bits per heavy atom. The molecule has 0 spiro atoms. The molecule has 0 radical (unpaired) electrons. The minimum Gasteiger partial charge on any atom is -0.457 e. The van der Waals surface area contributed by atoms with Crippen LogP contribution in [0.3, 0.4) is 0 Å². The summed E-state index contributed by atoms with van der Waals surface area (Å²) in [7, 11) is 0. The van der Waals surface area contributed by atoms with E-state index in [-0.39, 0.29) is 22.5 Å². The fourth-order valence-electron chi connectivity index (χ4n) is 8.82. The predicted octanol–water partition coefficient (Wildman–Crippen LogP) is 15.4. The summed E-state index contributed by atoms with van der Waals surface area (Å²) in [5.74, 6) is 1.71. The van der Waals surface area contributed by atoms with Gasteiger partial charge in [-0.25, -0.2) is 13.8 Å². The van der Waals surface area contributed by atoms with Gasteiger partial charge in [0, 0.05) is 45.9 Å². The number of rotatable bonds is 7. The maximum Gasteiger partial charge on any atom is 0.137 e. The van der Waals surface area contributed by atoms with Crippen LogP contribution in [-0.4, -0.2) is 16.2 Å². The minimum atomic E-state index is -0.297. The molecular weight excluding hydrogens is 783 g/mol. The van der Waals surface area contributed by atoms with Gasteiger partial charge in [0.15, 0.2) is 0 Å². The Morgan fingerprint density at radius 3 is 1.76 bits per heavy atom. The summed E-state index contributed by atoms with van der Waals surface area (Å²) in [6, 6.07) is 53.4. The van der Waals surface area contributed by atoms with E-state index in [1.54, 1.807) is 0 Å². The van der Waals surface area contributed by atoms with E-state index in [0.29, 0.717) is 6.67 Å². The molecule has 0 saturated heterocycles. The Kier molecular flexibility index (Phi) is 9.67. The summed E-state index contributed by atoms with van der Waals surface area (Å²) >= 11 is 0. The summed E-state index contributed by atoms with van der Waals surface area (Å²) in [6.07, 6.45) is 1.90. The molecule has 1 aliphatic rings. The summed E-state index contributed by atoms with van der Waals surface area (Å²) in [5, 5.41) is 2.28. The highest BCUT2D eigenvalue weighted by molar-refractivity contribution is 6.09. The molecule has 5 nitrogen and oxygen atoms in total.